The molecule has 0 saturated heterocycles. The van der Waals surface area contributed by atoms with Crippen LogP contribution in [0.4, 0.5) is 30.7 Å². The van der Waals surface area contributed by atoms with E-state index in [1.807, 2.05) is 18.2 Å². The highest BCUT2D eigenvalue weighted by atomic mass is 19.4. The minimum absolute atomic E-state index is 0.184. The van der Waals surface area contributed by atoms with E-state index in [2.05, 4.69) is 13.0 Å². The summed E-state index contributed by atoms with van der Waals surface area (Å²) in [5.74, 6) is -6.19. The Morgan fingerprint density at radius 1 is 0.618 bits per heavy atom. The summed E-state index contributed by atoms with van der Waals surface area (Å²) in [4.78, 5) is 0. The van der Waals surface area contributed by atoms with E-state index in [1.54, 1.807) is 12.1 Å². The van der Waals surface area contributed by atoms with Gasteiger partial charge >= 0.3 is 6.18 Å². The van der Waals surface area contributed by atoms with Crippen molar-refractivity contribution in [3.8, 4) is 22.3 Å². The van der Waals surface area contributed by atoms with Crippen molar-refractivity contribution in [2.24, 2.45) is 0 Å². The fraction of sp³-hybridized carbons (Fsp3) is 0.185. The van der Waals surface area contributed by atoms with Crippen LogP contribution in [0.15, 0.2) is 60.7 Å². The average Bonchev–Trinajstić information content (AvgIpc) is 2.75. The molecule has 0 unspecified atom stereocenters. The van der Waals surface area contributed by atoms with Crippen LogP contribution in [0.2, 0.25) is 0 Å². The van der Waals surface area contributed by atoms with Crippen LogP contribution in [-0.4, -0.2) is 0 Å². The van der Waals surface area contributed by atoms with E-state index in [9.17, 15) is 30.7 Å². The van der Waals surface area contributed by atoms with Crippen molar-refractivity contribution in [3.05, 3.63) is 95.1 Å². The Morgan fingerprint density at radius 2 is 1.18 bits per heavy atom. The Bertz CT molecular complexity index is 1320. The molecule has 0 radical (unpaired) electrons. The van der Waals surface area contributed by atoms with Gasteiger partial charge in [-0.3, -0.25) is 0 Å². The van der Waals surface area contributed by atoms with Gasteiger partial charge in [0.25, 0.3) is 0 Å². The van der Waals surface area contributed by atoms with Crippen molar-refractivity contribution in [1.82, 2.24) is 0 Å². The number of aryl methyl sites for hydroxylation is 1. The number of fused-ring (bicyclic) bond motifs is 1. The maximum Gasteiger partial charge on any atom is 0.422 e. The second-order valence-corrected chi connectivity index (χ2v) is 8.13. The summed E-state index contributed by atoms with van der Waals surface area (Å²) in [5.41, 5.74) is -1.69. The third-order valence-corrected chi connectivity index (χ3v) is 5.71. The number of unbranched alkanes of at least 4 members (excludes halogenated alkanes) is 1. The molecule has 0 aliphatic rings. The van der Waals surface area contributed by atoms with E-state index in [1.165, 1.54) is 5.56 Å². The van der Waals surface area contributed by atoms with Gasteiger partial charge in [0.1, 0.15) is 28.8 Å². The fourth-order valence-corrected chi connectivity index (χ4v) is 4.02. The third-order valence-electron chi connectivity index (χ3n) is 5.71. The molecule has 176 valence electrons. The molecule has 0 N–H and O–H groups in total. The molecular weight excluding hydrogens is 457 g/mol. The fourth-order valence-electron chi connectivity index (χ4n) is 4.02. The van der Waals surface area contributed by atoms with Gasteiger partial charge in [0, 0.05) is 0 Å². The van der Waals surface area contributed by atoms with Gasteiger partial charge in [-0.05, 0) is 76.2 Å². The maximum absolute atomic E-state index is 14.9. The van der Waals surface area contributed by atoms with Gasteiger partial charge in [-0.15, -0.1) is 0 Å². The Balaban J connectivity index is 1.73. The molecule has 0 fully saturated rings. The highest BCUT2D eigenvalue weighted by Crippen LogP contribution is 2.38. The first-order valence-electron chi connectivity index (χ1n) is 10.7. The van der Waals surface area contributed by atoms with Gasteiger partial charge in [0.2, 0.25) is 0 Å². The zero-order valence-corrected chi connectivity index (χ0v) is 18.0. The molecule has 4 aromatic carbocycles. The van der Waals surface area contributed by atoms with E-state index in [4.69, 9.17) is 0 Å². The van der Waals surface area contributed by atoms with E-state index >= 15 is 0 Å². The summed E-state index contributed by atoms with van der Waals surface area (Å²) < 4.78 is 96.0. The number of hydrogen-bond donors (Lipinski definition) is 0. The zero-order chi connectivity index (χ0) is 24.6. The predicted molar refractivity (Wildman–Crippen MR) is 118 cm³/mol. The lowest BCUT2D eigenvalue weighted by molar-refractivity contribution is -0.142. The lowest BCUT2D eigenvalue weighted by atomic mass is 9.95. The van der Waals surface area contributed by atoms with Crippen molar-refractivity contribution in [2.75, 3.05) is 0 Å². The van der Waals surface area contributed by atoms with Crippen LogP contribution in [0, 0.1) is 23.3 Å². The number of rotatable bonds is 5. The average molecular weight is 476 g/mol. The molecule has 34 heavy (non-hydrogen) atoms. The quantitative estimate of drug-likeness (QED) is 0.252. The van der Waals surface area contributed by atoms with Crippen LogP contribution in [0.25, 0.3) is 33.0 Å². The minimum atomic E-state index is -5.28. The summed E-state index contributed by atoms with van der Waals surface area (Å²) in [7, 11) is 0. The Labute approximate surface area is 191 Å². The van der Waals surface area contributed by atoms with Crippen molar-refractivity contribution in [3.63, 3.8) is 0 Å². The summed E-state index contributed by atoms with van der Waals surface area (Å²) in [5, 5.41) is 1.85. The molecular formula is C27H19F7. The molecule has 0 nitrogen and oxygen atoms in total. The zero-order valence-electron chi connectivity index (χ0n) is 18.0. The summed E-state index contributed by atoms with van der Waals surface area (Å²) in [6.07, 6.45) is -2.17. The number of benzene rings is 4. The van der Waals surface area contributed by atoms with Crippen molar-refractivity contribution in [2.45, 2.75) is 32.4 Å². The molecule has 7 heteroatoms. The second kappa shape index (κ2) is 9.12. The molecule has 0 aliphatic carbocycles. The van der Waals surface area contributed by atoms with Crippen LogP contribution in [0.1, 0.15) is 30.9 Å². The number of hydrogen-bond acceptors (Lipinski definition) is 0. The van der Waals surface area contributed by atoms with Gasteiger partial charge in [0.15, 0.2) is 0 Å². The minimum Gasteiger partial charge on any atom is -0.206 e. The van der Waals surface area contributed by atoms with Gasteiger partial charge in [0.05, 0.1) is 5.56 Å². The summed E-state index contributed by atoms with van der Waals surface area (Å²) >= 11 is 0. The van der Waals surface area contributed by atoms with Crippen LogP contribution < -0.4 is 0 Å². The molecule has 4 aromatic rings. The van der Waals surface area contributed by atoms with Crippen molar-refractivity contribution in [1.29, 1.82) is 0 Å². The maximum atomic E-state index is 14.9. The first kappa shape index (κ1) is 23.8. The number of halogens is 7. The number of alkyl halides is 3. The highest BCUT2D eigenvalue weighted by molar-refractivity contribution is 5.88. The summed E-state index contributed by atoms with van der Waals surface area (Å²) in [6, 6.07) is 13.8. The van der Waals surface area contributed by atoms with E-state index in [0.717, 1.165) is 42.2 Å². The first-order chi connectivity index (χ1) is 16.1. The molecule has 0 atom stereocenters. The molecule has 0 saturated carbocycles. The molecule has 4 rings (SSSR count). The van der Waals surface area contributed by atoms with Crippen LogP contribution in [-0.2, 0) is 12.6 Å². The van der Waals surface area contributed by atoms with E-state index in [-0.39, 0.29) is 17.7 Å². The molecule has 0 amide bonds. The van der Waals surface area contributed by atoms with E-state index in [0.29, 0.717) is 5.56 Å². The molecule has 0 heterocycles. The van der Waals surface area contributed by atoms with Gasteiger partial charge in [-0.1, -0.05) is 43.7 Å². The summed E-state index contributed by atoms with van der Waals surface area (Å²) in [6.45, 7) is 2.11. The highest BCUT2D eigenvalue weighted by Gasteiger charge is 2.38. The van der Waals surface area contributed by atoms with Crippen molar-refractivity contribution >= 4 is 10.8 Å². The largest absolute Gasteiger partial charge is 0.422 e. The lowest BCUT2D eigenvalue weighted by Gasteiger charge is -2.13. The smallest absolute Gasteiger partial charge is 0.206 e. The lowest BCUT2D eigenvalue weighted by Crippen LogP contribution is -2.11. The third kappa shape index (κ3) is 4.65. The predicted octanol–water partition coefficient (Wildman–Crippen LogP) is 9.09. The van der Waals surface area contributed by atoms with Crippen LogP contribution in [0.3, 0.4) is 0 Å². The molecule has 0 bridgehead atoms. The normalized spacial score (nSPS) is 11.9. The molecule has 0 spiro atoms. The monoisotopic (exact) mass is 476 g/mol. The van der Waals surface area contributed by atoms with Gasteiger partial charge in [-0.2, -0.15) is 13.2 Å². The Kier molecular flexibility index (Phi) is 6.39. The van der Waals surface area contributed by atoms with Gasteiger partial charge < -0.3 is 0 Å². The van der Waals surface area contributed by atoms with Crippen molar-refractivity contribution < 1.29 is 30.7 Å². The van der Waals surface area contributed by atoms with Crippen LogP contribution in [0.5, 0.6) is 0 Å². The Hall–Kier alpha value is -3.35. The first-order valence-corrected chi connectivity index (χ1v) is 10.7. The SMILES string of the molecule is CCCCc1ccc2cc(-c3cc(F)c(-c4cc(F)c(C(F)(F)F)c(F)c4)c(F)c3)ccc2c1. The van der Waals surface area contributed by atoms with Gasteiger partial charge in [-0.25, -0.2) is 17.6 Å². The van der Waals surface area contributed by atoms with E-state index < -0.39 is 46.1 Å². The van der Waals surface area contributed by atoms with Crippen LogP contribution >= 0.6 is 0 Å². The molecule has 0 aromatic heterocycles. The second-order valence-electron chi connectivity index (χ2n) is 8.13. The standard InChI is InChI=1S/C27H19F7/c1-2-3-4-15-5-6-17-10-18(8-7-16(17)9-15)19-11-21(28)25(22(29)12-19)20-13-23(30)26(24(31)14-20)27(32,33)34/h5-14H,2-4H2,1H3. The topological polar surface area (TPSA) is 0 Å². The molecule has 0 aliphatic heterocycles. The Morgan fingerprint density at radius 3 is 1.76 bits per heavy atom.